The lowest BCUT2D eigenvalue weighted by atomic mass is 10.1. The number of anilines is 1. The molecule has 1 fully saturated rings. The van der Waals surface area contributed by atoms with Crippen molar-refractivity contribution in [2.24, 2.45) is 5.92 Å². The Hall–Kier alpha value is -2.40. The van der Waals surface area contributed by atoms with Gasteiger partial charge in [-0.3, -0.25) is 9.59 Å². The first-order valence-corrected chi connectivity index (χ1v) is 7.99. The molecule has 2 aromatic rings. The monoisotopic (exact) mass is 346 g/mol. The summed E-state index contributed by atoms with van der Waals surface area (Å²) >= 11 is 5.76. The number of carbonyl (C=O) groups is 2. The Bertz CT molecular complexity index is 767. The Morgan fingerprint density at radius 1 is 1.25 bits per heavy atom. The van der Waals surface area contributed by atoms with Gasteiger partial charge in [0.05, 0.1) is 10.9 Å². The lowest BCUT2D eigenvalue weighted by Crippen LogP contribution is -2.32. The average Bonchev–Trinajstić information content (AvgIpc) is 2.98. The van der Waals surface area contributed by atoms with Gasteiger partial charge in [-0.15, -0.1) is 0 Å². The summed E-state index contributed by atoms with van der Waals surface area (Å²) in [5.41, 5.74) is 1.50. The molecule has 4 nitrogen and oxygen atoms in total. The second-order valence-electron chi connectivity index (χ2n) is 5.71. The second-order valence-corrected chi connectivity index (χ2v) is 6.11. The number of carbonyl (C=O) groups excluding carboxylic acids is 2. The van der Waals surface area contributed by atoms with Crippen LogP contribution in [0.25, 0.3) is 0 Å². The molecule has 1 atom stereocenters. The SMILES string of the molecule is O=C(NCc1ccccc1)[C@H]1CC(=O)N(c2ccc(F)c(Cl)c2)C1. The Morgan fingerprint density at radius 3 is 2.71 bits per heavy atom. The van der Waals surface area contributed by atoms with Gasteiger partial charge in [-0.25, -0.2) is 4.39 Å². The number of nitrogens with one attached hydrogen (secondary N) is 1. The molecule has 2 amide bonds. The summed E-state index contributed by atoms with van der Waals surface area (Å²) in [6, 6.07) is 13.7. The van der Waals surface area contributed by atoms with Crippen LogP contribution in [0.3, 0.4) is 0 Å². The predicted molar refractivity (Wildman–Crippen MR) is 90.2 cm³/mol. The summed E-state index contributed by atoms with van der Waals surface area (Å²) in [4.78, 5) is 25.9. The molecule has 24 heavy (non-hydrogen) atoms. The van der Waals surface area contributed by atoms with Gasteiger partial charge in [0, 0.05) is 25.2 Å². The van der Waals surface area contributed by atoms with E-state index in [1.165, 1.54) is 23.1 Å². The van der Waals surface area contributed by atoms with E-state index in [4.69, 9.17) is 11.6 Å². The summed E-state index contributed by atoms with van der Waals surface area (Å²) in [7, 11) is 0. The van der Waals surface area contributed by atoms with Crippen LogP contribution in [0.2, 0.25) is 5.02 Å². The molecule has 1 saturated heterocycles. The van der Waals surface area contributed by atoms with Crippen LogP contribution in [0.4, 0.5) is 10.1 Å². The van der Waals surface area contributed by atoms with E-state index in [1.807, 2.05) is 30.3 Å². The first-order chi connectivity index (χ1) is 11.5. The predicted octanol–water partition coefficient (Wildman–Crippen LogP) is 3.15. The first-order valence-electron chi connectivity index (χ1n) is 7.61. The lowest BCUT2D eigenvalue weighted by Gasteiger charge is -2.17. The lowest BCUT2D eigenvalue weighted by molar-refractivity contribution is -0.126. The third-order valence-corrected chi connectivity index (χ3v) is 4.31. The standard InChI is InChI=1S/C18H16ClFN2O2/c19-15-9-14(6-7-16(15)20)22-11-13(8-17(22)23)18(24)21-10-12-4-2-1-3-5-12/h1-7,9,13H,8,10-11H2,(H,21,24)/t13-/m0/s1. The van der Waals surface area contributed by atoms with Gasteiger partial charge in [0.1, 0.15) is 5.82 Å². The molecular weight excluding hydrogens is 331 g/mol. The average molecular weight is 347 g/mol. The molecule has 124 valence electrons. The molecule has 2 aromatic carbocycles. The van der Waals surface area contributed by atoms with Gasteiger partial charge in [-0.05, 0) is 23.8 Å². The fourth-order valence-electron chi connectivity index (χ4n) is 2.72. The van der Waals surface area contributed by atoms with Crippen molar-refractivity contribution in [3.8, 4) is 0 Å². The van der Waals surface area contributed by atoms with Gasteiger partial charge in [0.15, 0.2) is 0 Å². The van der Waals surface area contributed by atoms with Gasteiger partial charge >= 0.3 is 0 Å². The van der Waals surface area contributed by atoms with Crippen LogP contribution in [0.15, 0.2) is 48.5 Å². The highest BCUT2D eigenvalue weighted by Gasteiger charge is 2.35. The number of hydrogen-bond donors (Lipinski definition) is 1. The van der Waals surface area contributed by atoms with Crippen molar-refractivity contribution in [1.82, 2.24) is 5.32 Å². The molecule has 3 rings (SSSR count). The fraction of sp³-hybridized carbons (Fsp3) is 0.222. The molecule has 0 bridgehead atoms. The highest BCUT2D eigenvalue weighted by molar-refractivity contribution is 6.31. The molecule has 0 spiro atoms. The zero-order valence-corrected chi connectivity index (χ0v) is 13.6. The van der Waals surface area contributed by atoms with Crippen molar-refractivity contribution >= 4 is 29.1 Å². The Kier molecular flexibility index (Phi) is 4.81. The number of nitrogens with zero attached hydrogens (tertiary/aromatic N) is 1. The zero-order chi connectivity index (χ0) is 17.1. The van der Waals surface area contributed by atoms with E-state index in [2.05, 4.69) is 5.32 Å². The minimum Gasteiger partial charge on any atom is -0.352 e. The van der Waals surface area contributed by atoms with E-state index in [0.717, 1.165) is 5.56 Å². The van der Waals surface area contributed by atoms with Crippen molar-refractivity contribution in [2.45, 2.75) is 13.0 Å². The largest absolute Gasteiger partial charge is 0.352 e. The number of hydrogen-bond acceptors (Lipinski definition) is 2. The van der Waals surface area contributed by atoms with Crippen molar-refractivity contribution in [3.63, 3.8) is 0 Å². The van der Waals surface area contributed by atoms with E-state index in [9.17, 15) is 14.0 Å². The highest BCUT2D eigenvalue weighted by atomic mass is 35.5. The van der Waals surface area contributed by atoms with Gasteiger partial charge in [0.25, 0.3) is 0 Å². The van der Waals surface area contributed by atoms with Crippen LogP contribution < -0.4 is 10.2 Å². The van der Waals surface area contributed by atoms with Crippen LogP contribution in [0.5, 0.6) is 0 Å². The number of benzene rings is 2. The second kappa shape index (κ2) is 7.01. The number of halogens is 2. The maximum Gasteiger partial charge on any atom is 0.227 e. The highest BCUT2D eigenvalue weighted by Crippen LogP contribution is 2.28. The van der Waals surface area contributed by atoms with Crippen molar-refractivity contribution < 1.29 is 14.0 Å². The molecule has 1 heterocycles. The number of rotatable bonds is 4. The van der Waals surface area contributed by atoms with Crippen molar-refractivity contribution in [2.75, 3.05) is 11.4 Å². The Balaban J connectivity index is 1.63. The molecule has 0 radical (unpaired) electrons. The van der Waals surface area contributed by atoms with Crippen LogP contribution in [-0.2, 0) is 16.1 Å². The van der Waals surface area contributed by atoms with Crippen LogP contribution in [-0.4, -0.2) is 18.4 Å². The molecule has 0 unspecified atom stereocenters. The first kappa shape index (κ1) is 16.5. The molecule has 1 N–H and O–H groups in total. The van der Waals surface area contributed by atoms with Crippen LogP contribution in [0, 0.1) is 11.7 Å². The molecule has 0 saturated carbocycles. The van der Waals surface area contributed by atoms with Crippen molar-refractivity contribution in [3.05, 3.63) is 64.9 Å². The summed E-state index contributed by atoms with van der Waals surface area (Å²) in [6.45, 7) is 0.689. The maximum absolute atomic E-state index is 13.2. The zero-order valence-electron chi connectivity index (χ0n) is 12.8. The third kappa shape index (κ3) is 3.57. The van der Waals surface area contributed by atoms with Gasteiger partial charge in [0.2, 0.25) is 11.8 Å². The normalized spacial score (nSPS) is 17.2. The third-order valence-electron chi connectivity index (χ3n) is 4.02. The van der Waals surface area contributed by atoms with E-state index in [1.54, 1.807) is 0 Å². The molecular formula is C18H16ClFN2O2. The Labute approximate surface area is 144 Å². The van der Waals surface area contributed by atoms with Crippen molar-refractivity contribution in [1.29, 1.82) is 0 Å². The van der Waals surface area contributed by atoms with Gasteiger partial charge in [-0.2, -0.15) is 0 Å². The van der Waals surface area contributed by atoms with Crippen LogP contribution >= 0.6 is 11.6 Å². The summed E-state index contributed by atoms with van der Waals surface area (Å²) in [6.07, 6.45) is 0.135. The van der Waals surface area contributed by atoms with E-state index >= 15 is 0 Å². The molecule has 1 aliphatic rings. The van der Waals surface area contributed by atoms with Gasteiger partial charge < -0.3 is 10.2 Å². The quantitative estimate of drug-likeness (QED) is 0.924. The molecule has 0 aromatic heterocycles. The summed E-state index contributed by atoms with van der Waals surface area (Å²) in [5.74, 6) is -1.30. The van der Waals surface area contributed by atoms with E-state index < -0.39 is 11.7 Å². The smallest absolute Gasteiger partial charge is 0.227 e. The maximum atomic E-state index is 13.2. The Morgan fingerprint density at radius 2 is 2.00 bits per heavy atom. The number of amides is 2. The van der Waals surface area contributed by atoms with E-state index in [-0.39, 0.29) is 29.8 Å². The summed E-state index contributed by atoms with van der Waals surface area (Å²) in [5, 5.41) is 2.81. The summed E-state index contributed by atoms with van der Waals surface area (Å²) < 4.78 is 13.2. The fourth-order valence-corrected chi connectivity index (χ4v) is 2.89. The molecule has 6 heteroatoms. The van der Waals surface area contributed by atoms with Gasteiger partial charge in [-0.1, -0.05) is 41.9 Å². The van der Waals surface area contributed by atoms with Crippen LogP contribution in [0.1, 0.15) is 12.0 Å². The minimum atomic E-state index is -0.538. The molecule has 0 aliphatic carbocycles. The molecule has 1 aliphatic heterocycles. The minimum absolute atomic E-state index is 0.0442. The van der Waals surface area contributed by atoms with E-state index in [0.29, 0.717) is 12.2 Å². The topological polar surface area (TPSA) is 49.4 Å².